The van der Waals surface area contributed by atoms with Gasteiger partial charge in [0.2, 0.25) is 5.88 Å². The fourth-order valence-electron chi connectivity index (χ4n) is 1.21. The molecular weight excluding hydrogens is 286 g/mol. The lowest BCUT2D eigenvalue weighted by molar-refractivity contribution is 0.0795. The first-order valence-electron chi connectivity index (χ1n) is 5.56. The Morgan fingerprint density at radius 2 is 2.00 bits per heavy atom. The van der Waals surface area contributed by atoms with Crippen LogP contribution in [0, 0.1) is 6.92 Å². The monoisotopic (exact) mass is 303 g/mol. The Hall–Kier alpha value is -0.650. The molecule has 0 N–H and O–H groups in total. The van der Waals surface area contributed by atoms with Gasteiger partial charge in [0.25, 0.3) is 0 Å². The van der Waals surface area contributed by atoms with E-state index in [1.807, 2.05) is 19.1 Å². The highest BCUT2D eigenvalue weighted by Crippen LogP contribution is 2.17. The minimum absolute atomic E-state index is 0.515. The Morgan fingerprint density at radius 1 is 1.18 bits per heavy atom. The van der Waals surface area contributed by atoms with Crippen molar-refractivity contribution in [3.63, 3.8) is 0 Å². The summed E-state index contributed by atoms with van der Waals surface area (Å²) in [6.07, 6.45) is 0.909. The summed E-state index contributed by atoms with van der Waals surface area (Å²) in [5.41, 5.74) is 0.920. The predicted octanol–water partition coefficient (Wildman–Crippen LogP) is 2.58. The number of halogens is 1. The summed E-state index contributed by atoms with van der Waals surface area (Å²) in [5, 5.41) is 0. The van der Waals surface area contributed by atoms with Crippen molar-refractivity contribution in [3.8, 4) is 5.88 Å². The molecule has 0 atom stereocenters. The fourth-order valence-corrected chi connectivity index (χ4v) is 1.43. The van der Waals surface area contributed by atoms with Crippen molar-refractivity contribution in [2.24, 2.45) is 0 Å². The molecule has 17 heavy (non-hydrogen) atoms. The molecule has 0 radical (unpaired) electrons. The Labute approximate surface area is 110 Å². The summed E-state index contributed by atoms with van der Waals surface area (Å²) in [4.78, 5) is 4.28. The van der Waals surface area contributed by atoms with Crippen molar-refractivity contribution in [3.05, 3.63) is 22.3 Å². The van der Waals surface area contributed by atoms with Crippen molar-refractivity contribution in [1.82, 2.24) is 4.98 Å². The number of aromatic nitrogens is 1. The molecule has 0 aliphatic rings. The molecule has 96 valence electrons. The predicted molar refractivity (Wildman–Crippen MR) is 69.5 cm³/mol. The van der Waals surface area contributed by atoms with Crippen molar-refractivity contribution in [2.45, 2.75) is 13.3 Å². The van der Waals surface area contributed by atoms with E-state index in [9.17, 15) is 0 Å². The van der Waals surface area contributed by atoms with Gasteiger partial charge in [0, 0.05) is 30.9 Å². The van der Waals surface area contributed by atoms with Gasteiger partial charge in [-0.2, -0.15) is 0 Å². The first-order valence-corrected chi connectivity index (χ1v) is 6.36. The maximum Gasteiger partial charge on any atom is 0.213 e. The third kappa shape index (κ3) is 6.00. The van der Waals surface area contributed by atoms with Gasteiger partial charge in [0.05, 0.1) is 12.3 Å². The zero-order chi connectivity index (χ0) is 12.5. The average molecular weight is 304 g/mol. The van der Waals surface area contributed by atoms with Gasteiger partial charge in [-0.3, -0.25) is 0 Å². The van der Waals surface area contributed by atoms with Crippen LogP contribution in [0.2, 0.25) is 0 Å². The molecule has 4 nitrogen and oxygen atoms in total. The second-order valence-corrected chi connectivity index (χ2v) is 4.38. The highest BCUT2D eigenvalue weighted by molar-refractivity contribution is 9.10. The van der Waals surface area contributed by atoms with Gasteiger partial charge in [-0.15, -0.1) is 0 Å². The van der Waals surface area contributed by atoms with Crippen LogP contribution < -0.4 is 4.74 Å². The molecule has 0 fully saturated rings. The van der Waals surface area contributed by atoms with E-state index in [2.05, 4.69) is 20.9 Å². The maximum atomic E-state index is 5.46. The van der Waals surface area contributed by atoms with E-state index in [-0.39, 0.29) is 0 Å². The van der Waals surface area contributed by atoms with Crippen LogP contribution in [-0.4, -0.2) is 38.5 Å². The second kappa shape index (κ2) is 8.44. The summed E-state index contributed by atoms with van der Waals surface area (Å²) in [6.45, 7) is 4.44. The lowest BCUT2D eigenvalue weighted by atomic mass is 10.4. The van der Waals surface area contributed by atoms with Crippen LogP contribution in [0.4, 0.5) is 0 Å². The number of pyridine rings is 1. The number of hydrogen-bond acceptors (Lipinski definition) is 4. The molecule has 0 saturated carbocycles. The number of nitrogens with zero attached hydrogens (tertiary/aromatic N) is 1. The topological polar surface area (TPSA) is 40.6 Å². The number of rotatable bonds is 8. The van der Waals surface area contributed by atoms with Gasteiger partial charge in [0.1, 0.15) is 6.61 Å². The van der Waals surface area contributed by atoms with Crippen LogP contribution in [0.15, 0.2) is 16.6 Å². The van der Waals surface area contributed by atoms with Crippen LogP contribution in [-0.2, 0) is 9.47 Å². The molecule has 1 aromatic rings. The van der Waals surface area contributed by atoms with Crippen molar-refractivity contribution >= 4 is 15.9 Å². The molecule has 1 rings (SSSR count). The van der Waals surface area contributed by atoms with E-state index in [4.69, 9.17) is 14.2 Å². The zero-order valence-corrected chi connectivity index (χ0v) is 11.8. The van der Waals surface area contributed by atoms with Crippen LogP contribution in [0.1, 0.15) is 12.1 Å². The summed E-state index contributed by atoms with van der Waals surface area (Å²) in [5.74, 6) is 0.631. The largest absolute Gasteiger partial charge is 0.475 e. The van der Waals surface area contributed by atoms with Gasteiger partial charge in [-0.05, 0) is 35.3 Å². The Morgan fingerprint density at radius 3 is 2.71 bits per heavy atom. The molecule has 0 aliphatic heterocycles. The third-order valence-corrected chi connectivity index (χ3v) is 2.95. The van der Waals surface area contributed by atoms with E-state index in [1.165, 1.54) is 0 Å². The Bertz CT molecular complexity index is 334. The standard InChI is InChI=1S/C12H18BrNO3/c1-10-11(13)4-5-12(14-10)17-9-8-16-7-3-6-15-2/h4-5H,3,6-9H2,1-2H3. The van der Waals surface area contributed by atoms with Crippen molar-refractivity contribution in [1.29, 1.82) is 0 Å². The number of ether oxygens (including phenoxy) is 3. The van der Waals surface area contributed by atoms with Gasteiger partial charge in [0.15, 0.2) is 0 Å². The van der Waals surface area contributed by atoms with E-state index in [1.54, 1.807) is 7.11 Å². The highest BCUT2D eigenvalue weighted by Gasteiger charge is 1.99. The molecule has 0 amide bonds. The molecule has 5 heteroatoms. The quantitative estimate of drug-likeness (QED) is 0.692. The first kappa shape index (κ1) is 14.4. The van der Waals surface area contributed by atoms with Crippen LogP contribution in [0.25, 0.3) is 0 Å². The van der Waals surface area contributed by atoms with E-state index >= 15 is 0 Å². The lowest BCUT2D eigenvalue weighted by Crippen LogP contribution is -2.09. The van der Waals surface area contributed by atoms with Gasteiger partial charge >= 0.3 is 0 Å². The molecule has 0 unspecified atom stereocenters. The van der Waals surface area contributed by atoms with Crippen molar-refractivity contribution in [2.75, 3.05) is 33.5 Å². The highest BCUT2D eigenvalue weighted by atomic mass is 79.9. The SMILES string of the molecule is COCCCOCCOc1ccc(Br)c(C)n1. The Balaban J connectivity index is 2.11. The maximum absolute atomic E-state index is 5.46. The molecule has 1 heterocycles. The minimum atomic E-state index is 0.515. The summed E-state index contributed by atoms with van der Waals surface area (Å²) >= 11 is 3.39. The molecular formula is C12H18BrNO3. The van der Waals surface area contributed by atoms with Crippen molar-refractivity contribution < 1.29 is 14.2 Å². The van der Waals surface area contributed by atoms with Crippen LogP contribution >= 0.6 is 15.9 Å². The fraction of sp³-hybridized carbons (Fsp3) is 0.583. The van der Waals surface area contributed by atoms with E-state index < -0.39 is 0 Å². The number of methoxy groups -OCH3 is 1. The van der Waals surface area contributed by atoms with Crippen LogP contribution in [0.5, 0.6) is 5.88 Å². The molecule has 0 aromatic carbocycles. The van der Waals surface area contributed by atoms with Gasteiger partial charge < -0.3 is 14.2 Å². The molecule has 0 saturated heterocycles. The Kier molecular flexibility index (Phi) is 7.16. The zero-order valence-electron chi connectivity index (χ0n) is 10.2. The molecule has 1 aromatic heterocycles. The third-order valence-electron chi connectivity index (χ3n) is 2.11. The summed E-state index contributed by atoms with van der Waals surface area (Å²) < 4.78 is 16.7. The number of aryl methyl sites for hydroxylation is 1. The normalized spacial score (nSPS) is 10.5. The van der Waals surface area contributed by atoms with E-state index in [0.717, 1.165) is 23.2 Å². The van der Waals surface area contributed by atoms with E-state index in [0.29, 0.717) is 25.7 Å². The number of hydrogen-bond donors (Lipinski definition) is 0. The van der Waals surface area contributed by atoms with Gasteiger partial charge in [-0.25, -0.2) is 4.98 Å². The summed E-state index contributed by atoms with van der Waals surface area (Å²) in [7, 11) is 1.69. The molecule has 0 aliphatic carbocycles. The van der Waals surface area contributed by atoms with Crippen LogP contribution in [0.3, 0.4) is 0 Å². The first-order chi connectivity index (χ1) is 8.24. The smallest absolute Gasteiger partial charge is 0.213 e. The minimum Gasteiger partial charge on any atom is -0.475 e. The molecule has 0 bridgehead atoms. The molecule has 0 spiro atoms. The lowest BCUT2D eigenvalue weighted by Gasteiger charge is -2.07. The average Bonchev–Trinajstić information content (AvgIpc) is 2.32. The summed E-state index contributed by atoms with van der Waals surface area (Å²) in [6, 6.07) is 3.76. The second-order valence-electron chi connectivity index (χ2n) is 3.52. The van der Waals surface area contributed by atoms with Gasteiger partial charge in [-0.1, -0.05) is 0 Å².